The zero-order chi connectivity index (χ0) is 20.3. The first-order valence-electron chi connectivity index (χ1n) is 7.85. The van der Waals surface area contributed by atoms with Crippen molar-refractivity contribution in [3.63, 3.8) is 0 Å². The molecular formula is C18H13F5N2O2. The van der Waals surface area contributed by atoms with Gasteiger partial charge in [0.15, 0.2) is 29.1 Å². The molecule has 0 unspecified atom stereocenters. The molecule has 1 atom stereocenters. The first kappa shape index (κ1) is 18.9. The van der Waals surface area contributed by atoms with Gasteiger partial charge in [-0.05, 0) is 5.41 Å². The van der Waals surface area contributed by atoms with Crippen LogP contribution in [0.2, 0.25) is 0 Å². The minimum atomic E-state index is -2.33. The van der Waals surface area contributed by atoms with Crippen molar-refractivity contribution in [3.8, 4) is 6.07 Å². The van der Waals surface area contributed by atoms with Crippen molar-refractivity contribution in [2.24, 2.45) is 11.1 Å². The Hall–Kier alpha value is -2.89. The van der Waals surface area contributed by atoms with Crippen LogP contribution in [0.3, 0.4) is 0 Å². The summed E-state index contributed by atoms with van der Waals surface area (Å²) in [6.07, 6.45) is 0.0824. The molecular weight excluding hydrogens is 371 g/mol. The fourth-order valence-electron chi connectivity index (χ4n) is 3.45. The number of nitrogens with two attached hydrogens (primary N) is 1. The molecule has 0 saturated heterocycles. The molecule has 0 aromatic heterocycles. The zero-order valence-corrected chi connectivity index (χ0v) is 14.2. The molecule has 0 amide bonds. The lowest BCUT2D eigenvalue weighted by atomic mass is 9.70. The van der Waals surface area contributed by atoms with Crippen molar-refractivity contribution in [1.82, 2.24) is 0 Å². The molecule has 9 heteroatoms. The SMILES string of the molecule is CC1(C)CC(=O)C2=C(C1)OC(N)=C(C#N)[C@H]2c1c(F)c(F)c(F)c(F)c1F. The maximum atomic E-state index is 14.4. The monoisotopic (exact) mass is 384 g/mol. The average Bonchev–Trinajstić information content (AvgIpc) is 2.56. The van der Waals surface area contributed by atoms with Crippen molar-refractivity contribution in [1.29, 1.82) is 5.26 Å². The summed E-state index contributed by atoms with van der Waals surface area (Å²) in [7, 11) is 0. The molecule has 142 valence electrons. The normalized spacial score (nSPS) is 21.7. The summed E-state index contributed by atoms with van der Waals surface area (Å²) in [4.78, 5) is 12.6. The predicted molar refractivity (Wildman–Crippen MR) is 81.9 cm³/mol. The van der Waals surface area contributed by atoms with Crippen LogP contribution in [0.5, 0.6) is 0 Å². The number of carbonyl (C=O) groups excluding carboxylic acids is 1. The second kappa shape index (κ2) is 6.08. The minimum Gasteiger partial charge on any atom is -0.444 e. The highest BCUT2D eigenvalue weighted by molar-refractivity contribution is 6.00. The van der Waals surface area contributed by atoms with Gasteiger partial charge in [-0.15, -0.1) is 0 Å². The first-order valence-corrected chi connectivity index (χ1v) is 7.85. The van der Waals surface area contributed by atoms with Gasteiger partial charge in [0, 0.05) is 24.0 Å². The quantitative estimate of drug-likeness (QED) is 0.454. The number of benzene rings is 1. The number of hydrogen-bond donors (Lipinski definition) is 1. The molecule has 1 heterocycles. The summed E-state index contributed by atoms with van der Waals surface area (Å²) < 4.78 is 74.9. The number of Topliss-reactive ketones (excluding diaryl/α,β-unsaturated/α-hetero) is 1. The summed E-state index contributed by atoms with van der Waals surface area (Å²) in [5.74, 6) is -14.0. The third-order valence-corrected chi connectivity index (χ3v) is 4.61. The minimum absolute atomic E-state index is 0.0401. The topological polar surface area (TPSA) is 76.1 Å². The Morgan fingerprint density at radius 1 is 1.04 bits per heavy atom. The van der Waals surface area contributed by atoms with Gasteiger partial charge in [0.1, 0.15) is 17.4 Å². The lowest BCUT2D eigenvalue weighted by Gasteiger charge is -2.37. The third-order valence-electron chi connectivity index (χ3n) is 4.61. The van der Waals surface area contributed by atoms with Gasteiger partial charge < -0.3 is 10.5 Å². The molecule has 1 aliphatic heterocycles. The molecule has 27 heavy (non-hydrogen) atoms. The number of halogens is 5. The van der Waals surface area contributed by atoms with E-state index < -0.39 is 63.2 Å². The smallest absolute Gasteiger partial charge is 0.205 e. The van der Waals surface area contributed by atoms with E-state index in [1.165, 1.54) is 0 Å². The maximum Gasteiger partial charge on any atom is 0.205 e. The van der Waals surface area contributed by atoms with Crippen LogP contribution in [0.25, 0.3) is 0 Å². The van der Waals surface area contributed by atoms with E-state index in [1.54, 1.807) is 19.9 Å². The van der Waals surface area contributed by atoms with Gasteiger partial charge in [0.25, 0.3) is 0 Å². The van der Waals surface area contributed by atoms with Crippen molar-refractivity contribution in [3.05, 3.63) is 57.4 Å². The Balaban J connectivity index is 2.36. The molecule has 2 aliphatic rings. The molecule has 0 bridgehead atoms. The van der Waals surface area contributed by atoms with Crippen molar-refractivity contribution >= 4 is 5.78 Å². The summed E-state index contributed by atoms with van der Waals surface area (Å²) >= 11 is 0. The Morgan fingerprint density at radius 2 is 1.56 bits per heavy atom. The van der Waals surface area contributed by atoms with Crippen LogP contribution in [0.1, 0.15) is 38.2 Å². The molecule has 1 aliphatic carbocycles. The van der Waals surface area contributed by atoms with E-state index in [1.807, 2.05) is 0 Å². The van der Waals surface area contributed by atoms with Crippen LogP contribution >= 0.6 is 0 Å². The van der Waals surface area contributed by atoms with Gasteiger partial charge in [0.2, 0.25) is 11.7 Å². The number of ketones is 1. The first-order chi connectivity index (χ1) is 12.5. The van der Waals surface area contributed by atoms with Gasteiger partial charge in [-0.25, -0.2) is 22.0 Å². The molecule has 4 nitrogen and oxygen atoms in total. The Labute approximate surface area is 150 Å². The highest BCUT2D eigenvalue weighted by Gasteiger charge is 2.46. The van der Waals surface area contributed by atoms with E-state index in [-0.39, 0.29) is 24.2 Å². The molecule has 0 radical (unpaired) electrons. The average molecular weight is 384 g/mol. The van der Waals surface area contributed by atoms with Crippen LogP contribution in [-0.2, 0) is 9.53 Å². The van der Waals surface area contributed by atoms with Crippen LogP contribution < -0.4 is 5.73 Å². The number of allylic oxidation sites excluding steroid dienone is 3. The summed E-state index contributed by atoms with van der Waals surface area (Å²) in [5, 5.41) is 9.34. The second-order valence-corrected chi connectivity index (χ2v) is 7.19. The van der Waals surface area contributed by atoms with Crippen molar-refractivity contribution in [2.45, 2.75) is 32.6 Å². The number of nitrogens with zero attached hydrogens (tertiary/aromatic N) is 1. The molecule has 3 rings (SSSR count). The van der Waals surface area contributed by atoms with Crippen molar-refractivity contribution in [2.75, 3.05) is 0 Å². The number of ether oxygens (including phenoxy) is 1. The number of carbonyl (C=O) groups is 1. The van der Waals surface area contributed by atoms with Crippen molar-refractivity contribution < 1.29 is 31.5 Å². The molecule has 0 saturated carbocycles. The van der Waals surface area contributed by atoms with E-state index in [4.69, 9.17) is 10.5 Å². The Morgan fingerprint density at radius 3 is 2.07 bits per heavy atom. The Kier molecular flexibility index (Phi) is 4.25. The summed E-state index contributed by atoms with van der Waals surface area (Å²) in [5.41, 5.74) is 2.87. The van der Waals surface area contributed by atoms with Crippen LogP contribution in [0.15, 0.2) is 22.8 Å². The Bertz CT molecular complexity index is 959. The second-order valence-electron chi connectivity index (χ2n) is 7.19. The lowest BCUT2D eigenvalue weighted by molar-refractivity contribution is -0.119. The highest BCUT2D eigenvalue weighted by Crippen LogP contribution is 2.49. The number of hydrogen-bond acceptors (Lipinski definition) is 4. The van der Waals surface area contributed by atoms with E-state index in [0.29, 0.717) is 0 Å². The van der Waals surface area contributed by atoms with E-state index in [0.717, 1.165) is 0 Å². The third kappa shape index (κ3) is 2.76. The largest absolute Gasteiger partial charge is 0.444 e. The lowest BCUT2D eigenvalue weighted by Crippen LogP contribution is -2.34. The van der Waals surface area contributed by atoms with Gasteiger partial charge in [0.05, 0.1) is 5.92 Å². The summed E-state index contributed by atoms with van der Waals surface area (Å²) in [6.45, 7) is 3.48. The molecule has 0 spiro atoms. The standard InChI is InChI=1S/C18H13F5N2O2/c1-18(2)3-7(26)10-8(4-18)27-17(25)6(5-24)9(10)11-12(19)14(21)16(23)15(22)13(11)20/h9H,3-4,25H2,1-2H3/t9-/m1/s1. The van der Waals surface area contributed by atoms with Gasteiger partial charge in [-0.3, -0.25) is 4.79 Å². The van der Waals surface area contributed by atoms with E-state index in [9.17, 15) is 32.0 Å². The molecule has 1 aromatic rings. The molecule has 2 N–H and O–H groups in total. The van der Waals surface area contributed by atoms with Gasteiger partial charge in [-0.2, -0.15) is 5.26 Å². The number of rotatable bonds is 1. The summed E-state index contributed by atoms with van der Waals surface area (Å²) in [6, 6.07) is 1.56. The molecule has 0 fully saturated rings. The van der Waals surface area contributed by atoms with Crippen LogP contribution in [0, 0.1) is 45.8 Å². The predicted octanol–water partition coefficient (Wildman–Crippen LogP) is 3.83. The fraction of sp³-hybridized carbons (Fsp3) is 0.333. The van der Waals surface area contributed by atoms with Crippen LogP contribution in [-0.4, -0.2) is 5.78 Å². The fourth-order valence-corrected chi connectivity index (χ4v) is 3.45. The number of nitriles is 1. The van der Waals surface area contributed by atoms with Gasteiger partial charge in [-0.1, -0.05) is 13.8 Å². The molecule has 1 aromatic carbocycles. The maximum absolute atomic E-state index is 14.4. The van der Waals surface area contributed by atoms with E-state index in [2.05, 4.69) is 0 Å². The van der Waals surface area contributed by atoms with E-state index >= 15 is 0 Å². The highest BCUT2D eigenvalue weighted by atomic mass is 19.2. The zero-order valence-electron chi connectivity index (χ0n) is 14.2. The van der Waals surface area contributed by atoms with Crippen LogP contribution in [0.4, 0.5) is 22.0 Å². The van der Waals surface area contributed by atoms with Gasteiger partial charge >= 0.3 is 0 Å².